The van der Waals surface area contributed by atoms with E-state index >= 15 is 0 Å². The lowest BCUT2D eigenvalue weighted by molar-refractivity contribution is -0.141. The summed E-state index contributed by atoms with van der Waals surface area (Å²) in [4.78, 5) is 13.2. The van der Waals surface area contributed by atoms with Gasteiger partial charge in [-0.2, -0.15) is 8.78 Å². The molecule has 0 aliphatic heterocycles. The van der Waals surface area contributed by atoms with Crippen LogP contribution in [0.5, 0.6) is 0 Å². The highest BCUT2D eigenvalue weighted by atomic mass is 79.9. The van der Waals surface area contributed by atoms with Crippen molar-refractivity contribution in [3.63, 3.8) is 0 Å². The highest BCUT2D eigenvalue weighted by molar-refractivity contribution is 9.10. The minimum Gasteiger partial charge on any atom is -0.461 e. The summed E-state index contributed by atoms with van der Waals surface area (Å²) < 4.78 is 30.3. The Morgan fingerprint density at radius 3 is 2.92 bits per heavy atom. The van der Waals surface area contributed by atoms with E-state index < -0.39 is 12.5 Å². The summed E-state index contributed by atoms with van der Waals surface area (Å²) in [6.45, 7) is -0.993. The molecule has 0 aromatic carbocycles. The van der Waals surface area contributed by atoms with Crippen molar-refractivity contribution in [3.8, 4) is 0 Å². The Balaban J connectivity index is 2.74. The molecule has 0 bridgehead atoms. The molecule has 0 aliphatic rings. The number of alkyl halides is 2. The number of ether oxygens (including phenoxy) is 1. The Morgan fingerprint density at radius 1 is 1.77 bits per heavy atom. The number of carbonyl (C=O) groups excluding carboxylic acids is 1. The van der Waals surface area contributed by atoms with Crippen molar-refractivity contribution >= 4 is 33.7 Å². The zero-order valence-electron chi connectivity index (χ0n) is 6.17. The summed E-state index contributed by atoms with van der Waals surface area (Å²) in [5.41, 5.74) is 0. The first-order valence-corrected chi connectivity index (χ1v) is 4.78. The highest BCUT2D eigenvalue weighted by Crippen LogP contribution is 2.31. The molecule has 7 heteroatoms. The predicted octanol–water partition coefficient (Wildman–Crippen LogP) is 2.17. The third-order valence-corrected chi connectivity index (χ3v) is 2.79. The van der Waals surface area contributed by atoms with Crippen LogP contribution in [0.4, 0.5) is 8.78 Å². The van der Waals surface area contributed by atoms with Gasteiger partial charge in [-0.1, -0.05) is 0 Å². The summed E-state index contributed by atoms with van der Waals surface area (Å²) in [5, 5.41) is 1.06. The van der Waals surface area contributed by atoms with Gasteiger partial charge in [0, 0.05) is 5.38 Å². The molecule has 0 spiro atoms. The number of rotatable bonds is 4. The van der Waals surface area contributed by atoms with E-state index in [-0.39, 0.29) is 11.5 Å². The molecule has 0 fully saturated rings. The van der Waals surface area contributed by atoms with E-state index in [0.717, 1.165) is 11.3 Å². The quantitative estimate of drug-likeness (QED) is 0.788. The van der Waals surface area contributed by atoms with E-state index in [1.165, 1.54) is 5.38 Å². The molecule has 0 saturated carbocycles. The van der Waals surface area contributed by atoms with Crippen molar-refractivity contribution in [3.05, 3.63) is 15.0 Å². The molecule has 0 N–H and O–H groups in total. The number of carbonyl (C=O) groups is 1. The van der Waals surface area contributed by atoms with Gasteiger partial charge in [0.25, 0.3) is 6.47 Å². The van der Waals surface area contributed by atoms with Gasteiger partial charge in [-0.05, 0) is 15.9 Å². The first-order valence-electron chi connectivity index (χ1n) is 3.11. The van der Waals surface area contributed by atoms with Crippen LogP contribution in [0.15, 0.2) is 9.98 Å². The molecule has 1 rings (SSSR count). The molecule has 72 valence electrons. The van der Waals surface area contributed by atoms with Gasteiger partial charge in [-0.3, -0.25) is 4.79 Å². The van der Waals surface area contributed by atoms with Gasteiger partial charge in [0.05, 0.1) is 0 Å². The summed E-state index contributed by atoms with van der Waals surface area (Å²) in [6.07, 6.45) is 0. The van der Waals surface area contributed by atoms with E-state index in [4.69, 9.17) is 0 Å². The molecule has 0 aliphatic carbocycles. The highest BCUT2D eigenvalue weighted by Gasteiger charge is 2.36. The van der Waals surface area contributed by atoms with Crippen LogP contribution in [-0.4, -0.2) is 18.1 Å². The van der Waals surface area contributed by atoms with E-state index in [2.05, 4.69) is 25.7 Å². The molecule has 1 heterocycles. The lowest BCUT2D eigenvalue weighted by Gasteiger charge is -2.10. The van der Waals surface area contributed by atoms with Crippen molar-refractivity contribution in [2.75, 3.05) is 6.61 Å². The van der Waals surface area contributed by atoms with Gasteiger partial charge < -0.3 is 4.74 Å². The van der Waals surface area contributed by atoms with Gasteiger partial charge in [0.2, 0.25) is 0 Å². The number of hydrogen-bond donors (Lipinski definition) is 0. The van der Waals surface area contributed by atoms with E-state index in [0.29, 0.717) is 4.60 Å². The maximum atomic E-state index is 13.0. The summed E-state index contributed by atoms with van der Waals surface area (Å²) in [6, 6.07) is 0. The lowest BCUT2D eigenvalue weighted by Crippen LogP contribution is -2.20. The van der Waals surface area contributed by atoms with Crippen LogP contribution in [0.1, 0.15) is 5.01 Å². The fourth-order valence-electron chi connectivity index (χ4n) is 0.623. The largest absolute Gasteiger partial charge is 0.461 e. The van der Waals surface area contributed by atoms with Crippen LogP contribution in [-0.2, 0) is 15.5 Å². The third kappa shape index (κ3) is 2.70. The van der Waals surface area contributed by atoms with Crippen LogP contribution in [0.3, 0.4) is 0 Å². The molecule has 3 nitrogen and oxygen atoms in total. The van der Waals surface area contributed by atoms with Crippen LogP contribution in [0.25, 0.3) is 0 Å². The molecule has 0 radical (unpaired) electrons. The van der Waals surface area contributed by atoms with Crippen LogP contribution < -0.4 is 0 Å². The molecular weight excluding hydrogens is 268 g/mol. The molecule has 0 saturated heterocycles. The third-order valence-electron chi connectivity index (χ3n) is 1.12. The predicted molar refractivity (Wildman–Crippen MR) is 45.7 cm³/mol. The molecule has 0 amide bonds. The van der Waals surface area contributed by atoms with Crippen molar-refractivity contribution in [1.29, 1.82) is 0 Å². The monoisotopic (exact) mass is 271 g/mol. The first kappa shape index (κ1) is 10.5. The second-order valence-corrected chi connectivity index (χ2v) is 3.76. The number of thiazole rings is 1. The van der Waals surface area contributed by atoms with Crippen LogP contribution in [0, 0.1) is 0 Å². The maximum Gasteiger partial charge on any atom is 0.332 e. The van der Waals surface area contributed by atoms with Crippen LogP contribution >= 0.6 is 27.3 Å². The normalized spacial score (nSPS) is 11.3. The summed E-state index contributed by atoms with van der Waals surface area (Å²) in [7, 11) is 0. The lowest BCUT2D eigenvalue weighted by atomic mass is 10.4. The number of nitrogens with zero attached hydrogens (tertiary/aromatic N) is 1. The Bertz CT molecular complexity index is 305. The van der Waals surface area contributed by atoms with Gasteiger partial charge in [-0.15, -0.1) is 11.3 Å². The maximum absolute atomic E-state index is 13.0. The fourth-order valence-corrected chi connectivity index (χ4v) is 1.84. The first-order chi connectivity index (χ1) is 6.06. The number of hydrogen-bond acceptors (Lipinski definition) is 4. The van der Waals surface area contributed by atoms with Crippen LogP contribution in [0.2, 0.25) is 0 Å². The van der Waals surface area contributed by atoms with Gasteiger partial charge in [0.15, 0.2) is 11.6 Å². The van der Waals surface area contributed by atoms with E-state index in [9.17, 15) is 13.6 Å². The number of aromatic nitrogens is 1. The average Bonchev–Trinajstić information content (AvgIpc) is 2.49. The Labute approximate surface area is 84.9 Å². The molecular formula is C6H4BrF2NO2S. The molecule has 1 aromatic heterocycles. The zero-order valence-corrected chi connectivity index (χ0v) is 8.57. The average molecular weight is 272 g/mol. The Kier molecular flexibility index (Phi) is 3.32. The zero-order chi connectivity index (χ0) is 9.90. The van der Waals surface area contributed by atoms with Crippen molar-refractivity contribution in [2.24, 2.45) is 0 Å². The van der Waals surface area contributed by atoms with Gasteiger partial charge >= 0.3 is 5.92 Å². The second-order valence-electron chi connectivity index (χ2n) is 2.09. The minimum absolute atomic E-state index is 0.0173. The standard InChI is InChI=1S/C6H4BrF2NO2S/c7-4-1-13-5(10-4)6(8,9)2-12-3-11/h1,3H,2H2. The minimum atomic E-state index is -3.21. The Morgan fingerprint density at radius 2 is 2.46 bits per heavy atom. The van der Waals surface area contributed by atoms with Crippen molar-refractivity contribution in [1.82, 2.24) is 4.98 Å². The molecule has 13 heavy (non-hydrogen) atoms. The number of halogens is 3. The molecule has 1 aromatic rings. The van der Waals surface area contributed by atoms with E-state index in [1.807, 2.05) is 0 Å². The molecule has 0 atom stereocenters. The van der Waals surface area contributed by atoms with Crippen molar-refractivity contribution < 1.29 is 18.3 Å². The van der Waals surface area contributed by atoms with Crippen molar-refractivity contribution in [2.45, 2.75) is 5.92 Å². The molecule has 0 unspecified atom stereocenters. The van der Waals surface area contributed by atoms with Gasteiger partial charge in [-0.25, -0.2) is 4.98 Å². The fraction of sp³-hybridized carbons (Fsp3) is 0.333. The smallest absolute Gasteiger partial charge is 0.332 e. The summed E-state index contributed by atoms with van der Waals surface area (Å²) in [5.74, 6) is -3.21. The summed E-state index contributed by atoms with van der Waals surface area (Å²) >= 11 is 3.75. The SMILES string of the molecule is O=COCC(F)(F)c1nc(Br)cs1. The van der Waals surface area contributed by atoms with Gasteiger partial charge in [0.1, 0.15) is 4.60 Å². The topological polar surface area (TPSA) is 39.2 Å². The Hall–Kier alpha value is -0.560. The van der Waals surface area contributed by atoms with E-state index in [1.54, 1.807) is 0 Å². The second kappa shape index (κ2) is 4.10.